The fourth-order valence-corrected chi connectivity index (χ4v) is 2.18. The van der Waals surface area contributed by atoms with Gasteiger partial charge in [-0.2, -0.15) is 0 Å². The van der Waals surface area contributed by atoms with Crippen LogP contribution in [0.1, 0.15) is 44.0 Å². The number of aromatic nitrogens is 2. The predicted molar refractivity (Wildman–Crippen MR) is 58.3 cm³/mol. The van der Waals surface area contributed by atoms with Crippen LogP contribution in [0.15, 0.2) is 9.59 Å². The van der Waals surface area contributed by atoms with Crippen LogP contribution in [-0.4, -0.2) is 9.55 Å². The standard InChI is InChI=1S/C11H16N2O2/c1-7(2)13-10(14)8-5-3-4-6-9(8)12-11(13)15/h7H,3-6H2,1-2H3,(H,12,15). The summed E-state index contributed by atoms with van der Waals surface area (Å²) in [5.41, 5.74) is 1.31. The van der Waals surface area contributed by atoms with Gasteiger partial charge in [-0.25, -0.2) is 4.79 Å². The highest BCUT2D eigenvalue weighted by molar-refractivity contribution is 5.19. The van der Waals surface area contributed by atoms with Crippen LogP contribution in [-0.2, 0) is 12.8 Å². The zero-order valence-corrected chi connectivity index (χ0v) is 9.17. The van der Waals surface area contributed by atoms with Crippen LogP contribution < -0.4 is 11.2 Å². The molecule has 0 bridgehead atoms. The normalized spacial score (nSPS) is 15.4. The zero-order chi connectivity index (χ0) is 11.0. The number of hydrogen-bond acceptors (Lipinski definition) is 2. The average molecular weight is 208 g/mol. The summed E-state index contributed by atoms with van der Waals surface area (Å²) >= 11 is 0. The van der Waals surface area contributed by atoms with E-state index in [2.05, 4.69) is 4.98 Å². The Morgan fingerprint density at radius 3 is 2.53 bits per heavy atom. The maximum absolute atomic E-state index is 12.0. The molecule has 82 valence electrons. The Morgan fingerprint density at radius 1 is 1.20 bits per heavy atom. The summed E-state index contributed by atoms with van der Waals surface area (Å²) < 4.78 is 1.31. The highest BCUT2D eigenvalue weighted by Gasteiger charge is 2.17. The lowest BCUT2D eigenvalue weighted by atomic mass is 9.97. The van der Waals surface area contributed by atoms with Crippen molar-refractivity contribution in [3.05, 3.63) is 32.1 Å². The molecule has 0 saturated carbocycles. The van der Waals surface area contributed by atoms with E-state index in [1.54, 1.807) is 0 Å². The van der Waals surface area contributed by atoms with Crippen LogP contribution in [0, 0.1) is 0 Å². The number of fused-ring (bicyclic) bond motifs is 1. The Hall–Kier alpha value is -1.32. The third-order valence-corrected chi connectivity index (χ3v) is 2.94. The monoisotopic (exact) mass is 208 g/mol. The Morgan fingerprint density at radius 2 is 1.87 bits per heavy atom. The van der Waals surface area contributed by atoms with E-state index in [0.717, 1.165) is 36.9 Å². The fraction of sp³-hybridized carbons (Fsp3) is 0.636. The van der Waals surface area contributed by atoms with E-state index in [9.17, 15) is 9.59 Å². The van der Waals surface area contributed by atoms with E-state index in [0.29, 0.717) is 0 Å². The van der Waals surface area contributed by atoms with Crippen molar-refractivity contribution in [1.82, 2.24) is 9.55 Å². The largest absolute Gasteiger partial charge is 0.328 e. The minimum atomic E-state index is -0.268. The molecule has 0 amide bonds. The van der Waals surface area contributed by atoms with Gasteiger partial charge in [0.2, 0.25) is 0 Å². The van der Waals surface area contributed by atoms with E-state index in [1.807, 2.05) is 13.8 Å². The number of aryl methyl sites for hydroxylation is 1. The van der Waals surface area contributed by atoms with Gasteiger partial charge in [0.1, 0.15) is 0 Å². The lowest BCUT2D eigenvalue weighted by Gasteiger charge is -2.17. The summed E-state index contributed by atoms with van der Waals surface area (Å²) in [6, 6.07) is -0.0755. The number of aromatic amines is 1. The molecule has 1 aromatic heterocycles. The highest BCUT2D eigenvalue weighted by Crippen LogP contribution is 2.14. The predicted octanol–water partition coefficient (Wildman–Crippen LogP) is 0.996. The molecule has 0 atom stereocenters. The van der Waals surface area contributed by atoms with Crippen LogP contribution in [0.2, 0.25) is 0 Å². The molecular formula is C11H16N2O2. The first-order valence-corrected chi connectivity index (χ1v) is 5.48. The Kier molecular flexibility index (Phi) is 2.50. The van der Waals surface area contributed by atoms with Gasteiger partial charge in [0.05, 0.1) is 0 Å². The van der Waals surface area contributed by atoms with Crippen molar-refractivity contribution < 1.29 is 0 Å². The van der Waals surface area contributed by atoms with Crippen LogP contribution in [0.5, 0.6) is 0 Å². The average Bonchev–Trinajstić information content (AvgIpc) is 2.17. The maximum Gasteiger partial charge on any atom is 0.328 e. The number of nitrogens with zero attached hydrogens (tertiary/aromatic N) is 1. The van der Waals surface area contributed by atoms with E-state index in [1.165, 1.54) is 4.57 Å². The van der Waals surface area contributed by atoms with Crippen LogP contribution in [0.25, 0.3) is 0 Å². The molecule has 0 fully saturated rings. The molecule has 15 heavy (non-hydrogen) atoms. The SMILES string of the molecule is CC(C)n1c(=O)[nH]c2c(c1=O)CCCC2. The van der Waals surface area contributed by atoms with Crippen molar-refractivity contribution in [3.63, 3.8) is 0 Å². The highest BCUT2D eigenvalue weighted by atomic mass is 16.2. The van der Waals surface area contributed by atoms with Crippen LogP contribution in [0.3, 0.4) is 0 Å². The number of nitrogens with one attached hydrogen (secondary N) is 1. The molecule has 1 aliphatic rings. The van der Waals surface area contributed by atoms with Gasteiger partial charge in [0.15, 0.2) is 0 Å². The second-order valence-electron chi connectivity index (χ2n) is 4.36. The van der Waals surface area contributed by atoms with E-state index >= 15 is 0 Å². The van der Waals surface area contributed by atoms with Crippen molar-refractivity contribution in [2.75, 3.05) is 0 Å². The molecule has 1 aliphatic carbocycles. The molecule has 0 aromatic carbocycles. The first-order valence-electron chi connectivity index (χ1n) is 5.48. The maximum atomic E-state index is 12.0. The van der Waals surface area contributed by atoms with Crippen molar-refractivity contribution >= 4 is 0 Å². The molecule has 0 aliphatic heterocycles. The summed E-state index contributed by atoms with van der Waals surface area (Å²) in [7, 11) is 0. The lowest BCUT2D eigenvalue weighted by Crippen LogP contribution is -2.40. The molecule has 4 nitrogen and oxygen atoms in total. The first-order chi connectivity index (χ1) is 7.11. The molecule has 1 N–H and O–H groups in total. The van der Waals surface area contributed by atoms with E-state index in [-0.39, 0.29) is 17.3 Å². The van der Waals surface area contributed by atoms with Gasteiger partial charge in [-0.3, -0.25) is 9.36 Å². The first kappa shape index (κ1) is 10.2. The third-order valence-electron chi connectivity index (χ3n) is 2.94. The lowest BCUT2D eigenvalue weighted by molar-refractivity contribution is 0.522. The summed E-state index contributed by atoms with van der Waals surface area (Å²) in [5.74, 6) is 0. The third kappa shape index (κ3) is 1.64. The van der Waals surface area contributed by atoms with Gasteiger partial charge in [0, 0.05) is 17.3 Å². The molecule has 0 radical (unpaired) electrons. The summed E-state index contributed by atoms with van der Waals surface area (Å²) in [4.78, 5) is 26.5. The minimum absolute atomic E-state index is 0.0755. The van der Waals surface area contributed by atoms with E-state index in [4.69, 9.17) is 0 Å². The van der Waals surface area contributed by atoms with Gasteiger partial charge in [-0.15, -0.1) is 0 Å². The second-order valence-corrected chi connectivity index (χ2v) is 4.36. The summed E-state index contributed by atoms with van der Waals surface area (Å²) in [6.07, 6.45) is 3.75. The zero-order valence-electron chi connectivity index (χ0n) is 9.17. The molecule has 0 saturated heterocycles. The molecule has 2 rings (SSSR count). The van der Waals surface area contributed by atoms with Gasteiger partial charge in [0.25, 0.3) is 5.56 Å². The molecule has 1 heterocycles. The number of rotatable bonds is 1. The topological polar surface area (TPSA) is 54.9 Å². The smallest absolute Gasteiger partial charge is 0.311 e. The quantitative estimate of drug-likeness (QED) is 0.748. The molecular weight excluding hydrogens is 192 g/mol. The number of hydrogen-bond donors (Lipinski definition) is 1. The summed E-state index contributed by atoms with van der Waals surface area (Å²) in [5, 5.41) is 0. The molecule has 4 heteroatoms. The second kappa shape index (κ2) is 3.68. The van der Waals surface area contributed by atoms with Crippen LogP contribution in [0.4, 0.5) is 0 Å². The Labute approximate surface area is 88.0 Å². The Bertz CT molecular complexity index is 482. The molecule has 0 unspecified atom stereocenters. The van der Waals surface area contributed by atoms with Crippen LogP contribution >= 0.6 is 0 Å². The van der Waals surface area contributed by atoms with E-state index < -0.39 is 0 Å². The van der Waals surface area contributed by atoms with Crippen molar-refractivity contribution in [1.29, 1.82) is 0 Å². The van der Waals surface area contributed by atoms with Crippen molar-refractivity contribution in [2.24, 2.45) is 0 Å². The fourth-order valence-electron chi connectivity index (χ4n) is 2.18. The van der Waals surface area contributed by atoms with Gasteiger partial charge in [-0.1, -0.05) is 0 Å². The minimum Gasteiger partial charge on any atom is -0.311 e. The Balaban J connectivity index is 2.70. The van der Waals surface area contributed by atoms with Gasteiger partial charge < -0.3 is 4.98 Å². The summed E-state index contributed by atoms with van der Waals surface area (Å²) in [6.45, 7) is 3.71. The molecule has 0 spiro atoms. The number of H-pyrrole nitrogens is 1. The van der Waals surface area contributed by atoms with Crippen molar-refractivity contribution in [2.45, 2.75) is 45.6 Å². The van der Waals surface area contributed by atoms with Gasteiger partial charge in [-0.05, 0) is 39.5 Å². The van der Waals surface area contributed by atoms with Gasteiger partial charge >= 0.3 is 5.69 Å². The molecule has 1 aromatic rings. The van der Waals surface area contributed by atoms with Crippen molar-refractivity contribution in [3.8, 4) is 0 Å².